The summed E-state index contributed by atoms with van der Waals surface area (Å²) in [6.07, 6.45) is 1.38. The molecule has 88 valence electrons. The van der Waals surface area contributed by atoms with Gasteiger partial charge in [-0.25, -0.2) is 8.78 Å². The maximum atomic E-state index is 12.9. The maximum absolute atomic E-state index is 12.9. The molecule has 0 unspecified atom stereocenters. The van der Waals surface area contributed by atoms with Crippen LogP contribution in [0.25, 0.3) is 0 Å². The Hall–Kier alpha value is -1.97. The summed E-state index contributed by atoms with van der Waals surface area (Å²) >= 11 is 0. The van der Waals surface area contributed by atoms with Gasteiger partial charge in [0.05, 0.1) is 5.56 Å². The Bertz CT molecular complexity index is 558. The molecule has 0 aliphatic rings. The van der Waals surface area contributed by atoms with E-state index < -0.39 is 11.6 Å². The van der Waals surface area contributed by atoms with Gasteiger partial charge in [-0.15, -0.1) is 0 Å². The molecule has 0 atom stereocenters. The van der Waals surface area contributed by atoms with Crippen LogP contribution in [0, 0.1) is 18.6 Å². The highest BCUT2D eigenvalue weighted by Crippen LogP contribution is 2.13. The van der Waals surface area contributed by atoms with E-state index in [0.29, 0.717) is 16.9 Å². The lowest BCUT2D eigenvalue weighted by atomic mass is 10.0. The zero-order valence-electron chi connectivity index (χ0n) is 9.17. The fourth-order valence-electron chi connectivity index (χ4n) is 1.53. The third-order valence-corrected chi connectivity index (χ3v) is 2.40. The van der Waals surface area contributed by atoms with Gasteiger partial charge in [-0.2, -0.15) is 0 Å². The number of halogens is 2. The standard InChI is InChI=1S/C13H10F2O2/c1-8-4-10(7-17-8)13(16)6-9-2-3-11(14)12(15)5-9/h2-5,7H,6H2,1H3. The van der Waals surface area contributed by atoms with E-state index in [2.05, 4.69) is 0 Å². The van der Waals surface area contributed by atoms with Crippen molar-refractivity contribution in [1.29, 1.82) is 0 Å². The SMILES string of the molecule is Cc1cc(C(=O)Cc2ccc(F)c(F)c2)co1. The fraction of sp³-hybridized carbons (Fsp3) is 0.154. The van der Waals surface area contributed by atoms with Crippen molar-refractivity contribution >= 4 is 5.78 Å². The third-order valence-electron chi connectivity index (χ3n) is 2.40. The van der Waals surface area contributed by atoms with Crippen LogP contribution in [0.5, 0.6) is 0 Å². The molecule has 0 radical (unpaired) electrons. The number of aryl methyl sites for hydroxylation is 1. The summed E-state index contributed by atoms with van der Waals surface area (Å²) in [5.41, 5.74) is 0.875. The number of Topliss-reactive ketones (excluding diaryl/α,β-unsaturated/α-hetero) is 1. The van der Waals surface area contributed by atoms with Crippen molar-refractivity contribution in [2.24, 2.45) is 0 Å². The van der Waals surface area contributed by atoms with Crippen molar-refractivity contribution in [3.05, 3.63) is 59.1 Å². The first-order valence-corrected chi connectivity index (χ1v) is 5.08. The molecular weight excluding hydrogens is 226 g/mol. The quantitative estimate of drug-likeness (QED) is 0.765. The molecule has 2 aromatic rings. The number of ketones is 1. The summed E-state index contributed by atoms with van der Waals surface area (Å²) in [5.74, 6) is -1.41. The largest absolute Gasteiger partial charge is 0.469 e. The molecule has 1 aromatic carbocycles. The number of carbonyl (C=O) groups is 1. The molecule has 0 amide bonds. The molecular formula is C13H10F2O2. The molecule has 0 aliphatic heterocycles. The Morgan fingerprint density at radius 1 is 1.24 bits per heavy atom. The van der Waals surface area contributed by atoms with Crippen LogP contribution in [0.1, 0.15) is 21.7 Å². The summed E-state index contributed by atoms with van der Waals surface area (Å²) in [7, 11) is 0. The smallest absolute Gasteiger partial charge is 0.170 e. The Kier molecular flexibility index (Phi) is 3.04. The molecule has 4 heteroatoms. The van der Waals surface area contributed by atoms with E-state index in [9.17, 15) is 13.6 Å². The van der Waals surface area contributed by atoms with Gasteiger partial charge in [-0.3, -0.25) is 4.79 Å². The lowest BCUT2D eigenvalue weighted by Gasteiger charge is -2.00. The van der Waals surface area contributed by atoms with Crippen molar-refractivity contribution in [3.8, 4) is 0 Å². The van der Waals surface area contributed by atoms with Crippen molar-refractivity contribution in [3.63, 3.8) is 0 Å². The van der Waals surface area contributed by atoms with E-state index in [0.717, 1.165) is 12.1 Å². The molecule has 0 fully saturated rings. The van der Waals surface area contributed by atoms with E-state index in [-0.39, 0.29) is 12.2 Å². The van der Waals surface area contributed by atoms with Crippen LogP contribution in [0.4, 0.5) is 8.78 Å². The molecule has 2 nitrogen and oxygen atoms in total. The van der Waals surface area contributed by atoms with E-state index in [1.165, 1.54) is 12.3 Å². The first-order valence-electron chi connectivity index (χ1n) is 5.08. The van der Waals surface area contributed by atoms with Crippen LogP contribution >= 0.6 is 0 Å². The van der Waals surface area contributed by atoms with Crippen LogP contribution in [-0.4, -0.2) is 5.78 Å². The lowest BCUT2D eigenvalue weighted by Crippen LogP contribution is -2.02. The summed E-state index contributed by atoms with van der Waals surface area (Å²) in [5, 5.41) is 0. The van der Waals surface area contributed by atoms with E-state index in [1.807, 2.05) is 0 Å². The molecule has 0 aliphatic carbocycles. The number of furan rings is 1. The molecule has 2 rings (SSSR count). The molecule has 0 spiro atoms. The van der Waals surface area contributed by atoms with E-state index in [4.69, 9.17) is 4.42 Å². The highest BCUT2D eigenvalue weighted by Gasteiger charge is 2.11. The lowest BCUT2D eigenvalue weighted by molar-refractivity contribution is 0.0992. The number of hydrogen-bond acceptors (Lipinski definition) is 2. The summed E-state index contributed by atoms with van der Waals surface area (Å²) in [4.78, 5) is 11.7. The highest BCUT2D eigenvalue weighted by molar-refractivity contribution is 5.97. The fourth-order valence-corrected chi connectivity index (χ4v) is 1.53. The highest BCUT2D eigenvalue weighted by atomic mass is 19.2. The van der Waals surface area contributed by atoms with Gasteiger partial charge in [0.15, 0.2) is 17.4 Å². The van der Waals surface area contributed by atoms with Crippen molar-refractivity contribution in [2.75, 3.05) is 0 Å². The molecule has 0 saturated carbocycles. The molecule has 1 aromatic heterocycles. The minimum atomic E-state index is -0.946. The Labute approximate surface area is 96.9 Å². The average molecular weight is 236 g/mol. The minimum absolute atomic E-state index is 0.0240. The first kappa shape index (κ1) is 11.5. The molecule has 17 heavy (non-hydrogen) atoms. The molecule has 0 N–H and O–H groups in total. The predicted molar refractivity (Wildman–Crippen MR) is 57.8 cm³/mol. The molecule has 0 bridgehead atoms. The molecule has 1 heterocycles. The van der Waals surface area contributed by atoms with E-state index >= 15 is 0 Å². The Morgan fingerprint density at radius 3 is 2.59 bits per heavy atom. The number of rotatable bonds is 3. The topological polar surface area (TPSA) is 30.2 Å². The van der Waals surface area contributed by atoms with Gasteiger partial charge < -0.3 is 4.42 Å². The van der Waals surface area contributed by atoms with Crippen LogP contribution < -0.4 is 0 Å². The maximum Gasteiger partial charge on any atom is 0.170 e. The van der Waals surface area contributed by atoms with Gasteiger partial charge in [0, 0.05) is 6.42 Å². The average Bonchev–Trinajstić information content (AvgIpc) is 2.70. The Balaban J connectivity index is 2.15. The monoisotopic (exact) mass is 236 g/mol. The molecule has 0 saturated heterocycles. The predicted octanol–water partition coefficient (Wildman–Crippen LogP) is 3.29. The van der Waals surface area contributed by atoms with Crippen molar-refractivity contribution in [1.82, 2.24) is 0 Å². The zero-order valence-corrected chi connectivity index (χ0v) is 9.17. The van der Waals surface area contributed by atoms with Gasteiger partial charge in [0.1, 0.15) is 12.0 Å². The summed E-state index contributed by atoms with van der Waals surface area (Å²) in [6, 6.07) is 5.05. The second-order valence-corrected chi connectivity index (χ2v) is 3.79. The van der Waals surface area contributed by atoms with Crippen LogP contribution in [0.3, 0.4) is 0 Å². The number of benzene rings is 1. The minimum Gasteiger partial charge on any atom is -0.469 e. The second kappa shape index (κ2) is 4.49. The van der Waals surface area contributed by atoms with Crippen molar-refractivity contribution in [2.45, 2.75) is 13.3 Å². The van der Waals surface area contributed by atoms with Crippen LogP contribution in [0.2, 0.25) is 0 Å². The summed E-state index contributed by atoms with van der Waals surface area (Å²) < 4.78 is 30.6. The second-order valence-electron chi connectivity index (χ2n) is 3.79. The Morgan fingerprint density at radius 2 is 2.00 bits per heavy atom. The zero-order chi connectivity index (χ0) is 12.4. The van der Waals surface area contributed by atoms with Gasteiger partial charge in [0.25, 0.3) is 0 Å². The van der Waals surface area contributed by atoms with Gasteiger partial charge in [0.2, 0.25) is 0 Å². The van der Waals surface area contributed by atoms with Gasteiger partial charge in [-0.05, 0) is 30.7 Å². The third kappa shape index (κ3) is 2.58. The summed E-state index contributed by atoms with van der Waals surface area (Å²) in [6.45, 7) is 1.73. The van der Waals surface area contributed by atoms with E-state index in [1.54, 1.807) is 13.0 Å². The normalized spacial score (nSPS) is 10.5. The first-order chi connectivity index (χ1) is 8.06. The van der Waals surface area contributed by atoms with Gasteiger partial charge >= 0.3 is 0 Å². The van der Waals surface area contributed by atoms with Gasteiger partial charge in [-0.1, -0.05) is 6.07 Å². The number of hydrogen-bond donors (Lipinski definition) is 0. The van der Waals surface area contributed by atoms with Crippen molar-refractivity contribution < 1.29 is 18.0 Å². The number of carbonyl (C=O) groups excluding carboxylic acids is 1. The van der Waals surface area contributed by atoms with Crippen LogP contribution in [-0.2, 0) is 6.42 Å². The van der Waals surface area contributed by atoms with Crippen LogP contribution in [0.15, 0.2) is 34.9 Å².